The van der Waals surface area contributed by atoms with Crippen LogP contribution in [0.4, 0.5) is 0 Å². The van der Waals surface area contributed by atoms with Gasteiger partial charge in [-0.05, 0) is 41.7 Å². The molecule has 14 heavy (non-hydrogen) atoms. The maximum absolute atomic E-state index is 10.6. The van der Waals surface area contributed by atoms with E-state index in [2.05, 4.69) is 24.3 Å². The quantitative estimate of drug-likeness (QED) is 0.649. The molecular weight excluding hydrogens is 172 g/mol. The molecular formula is C13H14O. The van der Waals surface area contributed by atoms with Crippen LogP contribution in [0.1, 0.15) is 36.3 Å². The Morgan fingerprint density at radius 1 is 1.43 bits per heavy atom. The summed E-state index contributed by atoms with van der Waals surface area (Å²) in [5, 5.41) is 0. The molecule has 1 heteroatoms. The highest BCUT2D eigenvalue weighted by atomic mass is 16.1. The van der Waals surface area contributed by atoms with E-state index in [-0.39, 0.29) is 0 Å². The van der Waals surface area contributed by atoms with E-state index in [4.69, 9.17) is 0 Å². The van der Waals surface area contributed by atoms with E-state index in [1.165, 1.54) is 30.4 Å². The molecule has 1 nitrogen and oxygen atoms in total. The van der Waals surface area contributed by atoms with Crippen molar-refractivity contribution in [3.63, 3.8) is 0 Å². The summed E-state index contributed by atoms with van der Waals surface area (Å²) in [5.41, 5.74) is 3.40. The summed E-state index contributed by atoms with van der Waals surface area (Å²) in [6, 6.07) is 8.71. The molecule has 0 spiro atoms. The summed E-state index contributed by atoms with van der Waals surface area (Å²) in [6.07, 6.45) is 5.50. The molecule has 2 atom stereocenters. The number of aldehydes is 1. The number of carbonyl (C=O) groups excluding carboxylic acids is 1. The molecule has 0 bridgehead atoms. The van der Waals surface area contributed by atoms with Gasteiger partial charge in [0.2, 0.25) is 0 Å². The molecule has 1 saturated carbocycles. The lowest BCUT2D eigenvalue weighted by Gasteiger charge is -2.22. The SMILES string of the molecule is O=CC[C@@]12CCc3ccccc3[C@@H]1C2. The van der Waals surface area contributed by atoms with E-state index in [0.29, 0.717) is 11.3 Å². The molecule has 1 fully saturated rings. The molecule has 0 aliphatic heterocycles. The van der Waals surface area contributed by atoms with Crippen molar-refractivity contribution in [3.05, 3.63) is 35.4 Å². The van der Waals surface area contributed by atoms with E-state index in [1.54, 1.807) is 0 Å². The van der Waals surface area contributed by atoms with E-state index < -0.39 is 0 Å². The Bertz CT molecular complexity index is 383. The summed E-state index contributed by atoms with van der Waals surface area (Å²) < 4.78 is 0. The Balaban J connectivity index is 1.97. The Kier molecular flexibility index (Phi) is 1.58. The molecule has 0 heterocycles. The number of fused-ring (bicyclic) bond motifs is 3. The van der Waals surface area contributed by atoms with Crippen LogP contribution in [0.25, 0.3) is 0 Å². The molecule has 0 N–H and O–H groups in total. The fourth-order valence-electron chi connectivity index (χ4n) is 3.04. The van der Waals surface area contributed by atoms with Crippen molar-refractivity contribution in [2.45, 2.75) is 31.6 Å². The fraction of sp³-hybridized carbons (Fsp3) is 0.462. The zero-order valence-electron chi connectivity index (χ0n) is 8.20. The lowest BCUT2D eigenvalue weighted by molar-refractivity contribution is -0.109. The summed E-state index contributed by atoms with van der Waals surface area (Å²) in [5.74, 6) is 0.692. The number of hydrogen-bond donors (Lipinski definition) is 0. The van der Waals surface area contributed by atoms with Crippen molar-refractivity contribution in [3.8, 4) is 0 Å². The minimum absolute atomic E-state index is 0.371. The maximum Gasteiger partial charge on any atom is 0.120 e. The predicted molar refractivity (Wildman–Crippen MR) is 55.2 cm³/mol. The van der Waals surface area contributed by atoms with Gasteiger partial charge in [0.25, 0.3) is 0 Å². The fourth-order valence-corrected chi connectivity index (χ4v) is 3.04. The largest absolute Gasteiger partial charge is 0.303 e. The van der Waals surface area contributed by atoms with Gasteiger partial charge in [0.1, 0.15) is 6.29 Å². The van der Waals surface area contributed by atoms with Crippen LogP contribution in [0.5, 0.6) is 0 Å². The van der Waals surface area contributed by atoms with Crippen molar-refractivity contribution < 1.29 is 4.79 Å². The van der Waals surface area contributed by atoms with Crippen molar-refractivity contribution in [2.24, 2.45) is 5.41 Å². The second-order valence-electron chi connectivity index (χ2n) is 4.69. The Labute approximate surface area is 84.1 Å². The standard InChI is InChI=1S/C13H14O/c14-8-7-13-6-5-10-3-1-2-4-11(10)12(13)9-13/h1-4,8,12H,5-7,9H2/t12-,13+/m0/s1. The lowest BCUT2D eigenvalue weighted by atomic mass is 9.82. The Morgan fingerprint density at radius 2 is 2.29 bits per heavy atom. The van der Waals surface area contributed by atoms with Crippen molar-refractivity contribution in [2.75, 3.05) is 0 Å². The molecule has 1 aromatic rings. The smallest absolute Gasteiger partial charge is 0.120 e. The lowest BCUT2D eigenvalue weighted by Crippen LogP contribution is -2.12. The number of aryl methyl sites for hydroxylation is 1. The van der Waals surface area contributed by atoms with Crippen LogP contribution in [0, 0.1) is 5.41 Å². The van der Waals surface area contributed by atoms with Gasteiger partial charge in [-0.15, -0.1) is 0 Å². The van der Waals surface area contributed by atoms with Crippen LogP contribution in [-0.4, -0.2) is 6.29 Å². The van der Waals surface area contributed by atoms with Gasteiger partial charge in [0.05, 0.1) is 0 Å². The monoisotopic (exact) mass is 186 g/mol. The van der Waals surface area contributed by atoms with E-state index in [1.807, 2.05) is 0 Å². The van der Waals surface area contributed by atoms with E-state index in [9.17, 15) is 4.79 Å². The molecule has 0 unspecified atom stereocenters. The summed E-state index contributed by atoms with van der Waals surface area (Å²) in [4.78, 5) is 10.6. The number of carbonyl (C=O) groups is 1. The van der Waals surface area contributed by atoms with Gasteiger partial charge >= 0.3 is 0 Å². The predicted octanol–water partition coefficient (Wildman–Crippen LogP) is 2.70. The number of hydrogen-bond acceptors (Lipinski definition) is 1. The Hall–Kier alpha value is -1.11. The Morgan fingerprint density at radius 3 is 3.14 bits per heavy atom. The molecule has 3 rings (SSSR count). The molecule has 0 aromatic heterocycles. The van der Waals surface area contributed by atoms with Crippen LogP contribution in [-0.2, 0) is 11.2 Å². The molecule has 72 valence electrons. The normalized spacial score (nSPS) is 33.0. The van der Waals surface area contributed by atoms with Gasteiger partial charge in [-0.25, -0.2) is 0 Å². The highest BCUT2D eigenvalue weighted by Crippen LogP contribution is 2.66. The summed E-state index contributed by atoms with van der Waals surface area (Å²) in [6.45, 7) is 0. The maximum atomic E-state index is 10.6. The highest BCUT2D eigenvalue weighted by Gasteiger charge is 2.56. The van der Waals surface area contributed by atoms with E-state index >= 15 is 0 Å². The second-order valence-corrected chi connectivity index (χ2v) is 4.69. The first-order chi connectivity index (χ1) is 6.86. The summed E-state index contributed by atoms with van der Waals surface area (Å²) in [7, 11) is 0. The van der Waals surface area contributed by atoms with Gasteiger partial charge < -0.3 is 4.79 Å². The van der Waals surface area contributed by atoms with E-state index in [0.717, 1.165) is 12.7 Å². The molecule has 0 radical (unpaired) electrons. The van der Waals surface area contributed by atoms with Gasteiger partial charge in [-0.3, -0.25) is 0 Å². The first-order valence-corrected chi connectivity index (χ1v) is 5.37. The van der Waals surface area contributed by atoms with Crippen LogP contribution in [0.2, 0.25) is 0 Å². The third-order valence-electron chi connectivity index (χ3n) is 4.00. The van der Waals surface area contributed by atoms with Crippen molar-refractivity contribution in [1.82, 2.24) is 0 Å². The van der Waals surface area contributed by atoms with Crippen molar-refractivity contribution in [1.29, 1.82) is 0 Å². The average Bonchev–Trinajstić information content (AvgIpc) is 2.93. The third kappa shape index (κ3) is 0.985. The number of benzene rings is 1. The molecule has 1 aromatic carbocycles. The minimum atomic E-state index is 0.371. The first kappa shape index (κ1) is 8.22. The van der Waals surface area contributed by atoms with Crippen LogP contribution in [0.15, 0.2) is 24.3 Å². The zero-order valence-corrected chi connectivity index (χ0v) is 8.20. The van der Waals surface area contributed by atoms with Crippen molar-refractivity contribution >= 4 is 6.29 Å². The second kappa shape index (κ2) is 2.69. The van der Waals surface area contributed by atoms with Gasteiger partial charge in [-0.2, -0.15) is 0 Å². The molecule has 2 aliphatic rings. The van der Waals surface area contributed by atoms with Crippen LogP contribution in [0.3, 0.4) is 0 Å². The minimum Gasteiger partial charge on any atom is -0.303 e. The molecule has 2 aliphatic carbocycles. The average molecular weight is 186 g/mol. The zero-order chi connectivity index (χ0) is 9.60. The number of rotatable bonds is 2. The third-order valence-corrected chi connectivity index (χ3v) is 4.00. The topological polar surface area (TPSA) is 17.1 Å². The summed E-state index contributed by atoms with van der Waals surface area (Å²) >= 11 is 0. The molecule has 0 amide bonds. The molecule has 0 saturated heterocycles. The van der Waals surface area contributed by atoms with Gasteiger partial charge in [0, 0.05) is 6.42 Å². The van der Waals surface area contributed by atoms with Gasteiger partial charge in [0.15, 0.2) is 0 Å². The van der Waals surface area contributed by atoms with Crippen LogP contribution < -0.4 is 0 Å². The highest BCUT2D eigenvalue weighted by molar-refractivity contribution is 5.55. The van der Waals surface area contributed by atoms with Gasteiger partial charge in [-0.1, -0.05) is 24.3 Å². The van der Waals surface area contributed by atoms with Crippen LogP contribution >= 0.6 is 0 Å². The first-order valence-electron chi connectivity index (χ1n) is 5.37.